The van der Waals surface area contributed by atoms with Gasteiger partial charge in [-0.15, -0.1) is 0 Å². The number of benzene rings is 2. The van der Waals surface area contributed by atoms with Crippen molar-refractivity contribution in [3.8, 4) is 22.8 Å². The molecular weight excluding hydrogens is 418 g/mol. The van der Waals surface area contributed by atoms with E-state index < -0.39 is 0 Å². The normalized spacial score (nSPS) is 12.9. The lowest BCUT2D eigenvalue weighted by atomic mass is 10.1. The van der Waals surface area contributed by atoms with Crippen LogP contribution in [0.25, 0.3) is 11.3 Å². The molecule has 5 rings (SSSR count). The Hall–Kier alpha value is -4.07. The second-order valence-corrected chi connectivity index (χ2v) is 7.93. The lowest BCUT2D eigenvalue weighted by Crippen LogP contribution is -2.24. The Kier molecular flexibility index (Phi) is 5.80. The fraction of sp³-hybridized carbons (Fsp3) is 0.240. The smallest absolute Gasteiger partial charge is 0.255 e. The summed E-state index contributed by atoms with van der Waals surface area (Å²) in [6.45, 7) is 2.29. The number of hydrogen-bond donors (Lipinski definition) is 1. The maximum Gasteiger partial charge on any atom is 0.255 e. The molecule has 0 saturated heterocycles. The van der Waals surface area contributed by atoms with Crippen molar-refractivity contribution in [3.05, 3.63) is 83.8 Å². The third-order valence-corrected chi connectivity index (χ3v) is 5.54. The molecular formula is C25H25N5O3. The molecule has 2 aromatic carbocycles. The van der Waals surface area contributed by atoms with Gasteiger partial charge in [-0.2, -0.15) is 10.2 Å². The van der Waals surface area contributed by atoms with E-state index in [1.54, 1.807) is 17.1 Å². The van der Waals surface area contributed by atoms with Gasteiger partial charge in [-0.1, -0.05) is 24.3 Å². The van der Waals surface area contributed by atoms with Crippen LogP contribution in [0.2, 0.25) is 0 Å². The van der Waals surface area contributed by atoms with Crippen molar-refractivity contribution in [1.82, 2.24) is 24.9 Å². The molecule has 33 heavy (non-hydrogen) atoms. The Morgan fingerprint density at radius 2 is 1.88 bits per heavy atom. The molecule has 3 heterocycles. The van der Waals surface area contributed by atoms with Crippen molar-refractivity contribution < 1.29 is 14.3 Å². The van der Waals surface area contributed by atoms with Gasteiger partial charge >= 0.3 is 0 Å². The molecule has 8 nitrogen and oxygen atoms in total. The highest BCUT2D eigenvalue weighted by Crippen LogP contribution is 2.34. The summed E-state index contributed by atoms with van der Waals surface area (Å²) < 4.78 is 15.1. The van der Waals surface area contributed by atoms with Gasteiger partial charge < -0.3 is 14.8 Å². The predicted molar refractivity (Wildman–Crippen MR) is 123 cm³/mol. The molecule has 168 valence electrons. The van der Waals surface area contributed by atoms with E-state index in [4.69, 9.17) is 9.47 Å². The van der Waals surface area contributed by atoms with E-state index >= 15 is 0 Å². The summed E-state index contributed by atoms with van der Waals surface area (Å²) in [5.41, 5.74) is 4.08. The zero-order valence-electron chi connectivity index (χ0n) is 18.4. The summed E-state index contributed by atoms with van der Waals surface area (Å²) in [5.74, 6) is 1.21. The van der Waals surface area contributed by atoms with E-state index in [1.165, 1.54) is 0 Å². The average Bonchev–Trinajstić information content (AvgIpc) is 3.41. The van der Waals surface area contributed by atoms with Gasteiger partial charge in [-0.3, -0.25) is 14.2 Å². The summed E-state index contributed by atoms with van der Waals surface area (Å²) in [4.78, 5) is 13.2. The molecule has 1 aliphatic rings. The van der Waals surface area contributed by atoms with Crippen LogP contribution in [-0.4, -0.2) is 38.7 Å². The Balaban J connectivity index is 1.36. The fourth-order valence-electron chi connectivity index (χ4n) is 3.90. The second-order valence-electron chi connectivity index (χ2n) is 7.93. The molecule has 1 N–H and O–H groups in total. The highest BCUT2D eigenvalue weighted by atomic mass is 16.5. The highest BCUT2D eigenvalue weighted by Gasteiger charge is 2.20. The van der Waals surface area contributed by atoms with E-state index in [9.17, 15) is 4.79 Å². The summed E-state index contributed by atoms with van der Waals surface area (Å²) in [6.07, 6.45) is 6.26. The van der Waals surface area contributed by atoms with Crippen LogP contribution in [0.5, 0.6) is 11.5 Å². The van der Waals surface area contributed by atoms with Crippen molar-refractivity contribution in [1.29, 1.82) is 0 Å². The third-order valence-electron chi connectivity index (χ3n) is 5.54. The van der Waals surface area contributed by atoms with E-state index in [0.717, 1.165) is 23.1 Å². The topological polar surface area (TPSA) is 83.2 Å². The van der Waals surface area contributed by atoms with Crippen LogP contribution in [0.1, 0.15) is 27.9 Å². The largest absolute Gasteiger partial charge is 0.490 e. The van der Waals surface area contributed by atoms with Gasteiger partial charge in [0.15, 0.2) is 11.5 Å². The van der Waals surface area contributed by atoms with Crippen molar-refractivity contribution in [2.75, 3.05) is 13.2 Å². The van der Waals surface area contributed by atoms with Crippen LogP contribution in [0.4, 0.5) is 0 Å². The first-order valence-electron chi connectivity index (χ1n) is 10.9. The van der Waals surface area contributed by atoms with E-state index in [1.807, 2.05) is 60.4 Å². The molecule has 0 saturated carbocycles. The van der Waals surface area contributed by atoms with E-state index in [-0.39, 0.29) is 5.91 Å². The van der Waals surface area contributed by atoms with Crippen molar-refractivity contribution in [2.24, 2.45) is 7.05 Å². The fourth-order valence-corrected chi connectivity index (χ4v) is 3.90. The van der Waals surface area contributed by atoms with Gasteiger partial charge in [0.2, 0.25) is 0 Å². The minimum atomic E-state index is -0.181. The van der Waals surface area contributed by atoms with Crippen molar-refractivity contribution in [3.63, 3.8) is 0 Å². The van der Waals surface area contributed by atoms with Crippen LogP contribution in [-0.2, 0) is 20.1 Å². The summed E-state index contributed by atoms with van der Waals surface area (Å²) >= 11 is 0. The zero-order chi connectivity index (χ0) is 22.6. The molecule has 0 bridgehead atoms. The first-order chi connectivity index (χ1) is 16.2. The van der Waals surface area contributed by atoms with Gasteiger partial charge in [0.05, 0.1) is 25.3 Å². The molecule has 0 fully saturated rings. The maximum atomic E-state index is 13.2. The van der Waals surface area contributed by atoms with E-state index in [2.05, 4.69) is 21.6 Å². The molecule has 0 radical (unpaired) electrons. The molecule has 2 aromatic heterocycles. The quantitative estimate of drug-likeness (QED) is 0.494. The Labute approximate surface area is 191 Å². The number of carbonyl (C=O) groups is 1. The Morgan fingerprint density at radius 1 is 1.06 bits per heavy atom. The van der Waals surface area contributed by atoms with Crippen LogP contribution in [0.3, 0.4) is 0 Å². The molecule has 1 amide bonds. The van der Waals surface area contributed by atoms with Crippen LogP contribution in [0.15, 0.2) is 67.1 Å². The van der Waals surface area contributed by atoms with Gasteiger partial charge in [-0.05, 0) is 35.4 Å². The molecule has 1 aliphatic heterocycles. The number of nitrogens with one attached hydrogen (secondary N) is 1. The molecule has 0 spiro atoms. The second kappa shape index (κ2) is 9.20. The minimum Gasteiger partial charge on any atom is -0.490 e. The lowest BCUT2D eigenvalue weighted by Gasteiger charge is -2.12. The number of hydrogen-bond acceptors (Lipinski definition) is 5. The number of aromatic nitrogens is 4. The van der Waals surface area contributed by atoms with Crippen molar-refractivity contribution >= 4 is 5.91 Å². The number of nitrogens with zero attached hydrogens (tertiary/aromatic N) is 4. The third kappa shape index (κ3) is 4.59. The number of fused-ring (bicyclic) bond motifs is 1. The SMILES string of the molecule is Cn1cc(C(=O)NCc2ccccc2Cn2cccn2)c(-c2ccc3c(c2)OCCCO3)n1. The monoisotopic (exact) mass is 443 g/mol. The van der Waals surface area contributed by atoms with Gasteiger partial charge in [0.1, 0.15) is 5.69 Å². The highest BCUT2D eigenvalue weighted by molar-refractivity contribution is 5.99. The zero-order valence-corrected chi connectivity index (χ0v) is 18.4. The van der Waals surface area contributed by atoms with Gasteiger partial charge in [0.25, 0.3) is 5.91 Å². The number of aryl methyl sites for hydroxylation is 1. The summed E-state index contributed by atoms with van der Waals surface area (Å²) in [6, 6.07) is 15.6. The molecule has 4 aromatic rings. The first-order valence-corrected chi connectivity index (χ1v) is 10.9. The molecule has 0 aliphatic carbocycles. The van der Waals surface area contributed by atoms with E-state index in [0.29, 0.717) is 49.1 Å². The Morgan fingerprint density at radius 3 is 2.70 bits per heavy atom. The van der Waals surface area contributed by atoms with Crippen molar-refractivity contribution in [2.45, 2.75) is 19.5 Å². The van der Waals surface area contributed by atoms with Crippen LogP contribution >= 0.6 is 0 Å². The number of rotatable bonds is 6. The summed E-state index contributed by atoms with van der Waals surface area (Å²) in [7, 11) is 1.81. The van der Waals surface area contributed by atoms with Gasteiger partial charge in [-0.25, -0.2) is 0 Å². The predicted octanol–water partition coefficient (Wildman–Crippen LogP) is 3.42. The molecule has 8 heteroatoms. The average molecular weight is 444 g/mol. The van der Waals surface area contributed by atoms with Crippen LogP contribution < -0.4 is 14.8 Å². The first kappa shape index (κ1) is 20.8. The maximum absolute atomic E-state index is 13.2. The molecule has 0 unspecified atom stereocenters. The number of amides is 1. The van der Waals surface area contributed by atoms with Gasteiger partial charge in [0, 0.05) is 44.2 Å². The standard InChI is InChI=1S/C25H25N5O3/c1-29-17-21(24(28-29)18-8-9-22-23(14-18)33-13-5-12-32-22)25(31)26-15-19-6-2-3-7-20(19)16-30-11-4-10-27-30/h2-4,6-11,14,17H,5,12-13,15-16H2,1H3,(H,26,31). The van der Waals surface area contributed by atoms with Crippen LogP contribution in [0, 0.1) is 0 Å². The Bertz CT molecular complexity index is 1260. The summed E-state index contributed by atoms with van der Waals surface area (Å²) in [5, 5.41) is 11.9. The molecule has 0 atom stereocenters. The number of ether oxygens (including phenoxy) is 2. The number of carbonyl (C=O) groups excluding carboxylic acids is 1. The minimum absolute atomic E-state index is 0.181. The lowest BCUT2D eigenvalue weighted by molar-refractivity contribution is 0.0951.